The summed E-state index contributed by atoms with van der Waals surface area (Å²) in [7, 11) is 0. The molecule has 0 unspecified atom stereocenters. The molecule has 1 aromatic carbocycles. The molecular formula is C27H35N5O5S. The molecular weight excluding hydrogens is 506 g/mol. The molecule has 2 aliphatic rings. The number of piperazine rings is 1. The van der Waals surface area contributed by atoms with Crippen LogP contribution in [0.3, 0.4) is 0 Å². The lowest BCUT2D eigenvalue weighted by Gasteiger charge is -2.34. The molecule has 0 aliphatic carbocycles. The Bertz CT molecular complexity index is 1100. The van der Waals surface area contributed by atoms with Crippen molar-refractivity contribution in [3.05, 3.63) is 54.2 Å². The summed E-state index contributed by atoms with van der Waals surface area (Å²) < 4.78 is 11.1. The minimum atomic E-state index is -0.839. The van der Waals surface area contributed by atoms with Crippen LogP contribution in [0.15, 0.2) is 48.7 Å². The molecule has 2 saturated heterocycles. The first-order valence-corrected chi connectivity index (χ1v) is 13.8. The molecule has 2 fully saturated rings. The van der Waals surface area contributed by atoms with Crippen molar-refractivity contribution in [1.82, 2.24) is 20.5 Å². The quantitative estimate of drug-likeness (QED) is 0.510. The van der Waals surface area contributed by atoms with Gasteiger partial charge in [0.15, 0.2) is 0 Å². The van der Waals surface area contributed by atoms with E-state index in [1.54, 1.807) is 56.1 Å². The normalized spacial score (nSPS) is 18.6. The van der Waals surface area contributed by atoms with Crippen LogP contribution >= 0.6 is 11.8 Å². The number of esters is 1. The summed E-state index contributed by atoms with van der Waals surface area (Å²) in [6.45, 7) is 8.56. The van der Waals surface area contributed by atoms with E-state index in [9.17, 15) is 14.4 Å². The van der Waals surface area contributed by atoms with E-state index in [-0.39, 0.29) is 17.7 Å². The third kappa shape index (κ3) is 7.84. The molecule has 3 heterocycles. The second-order valence-electron chi connectivity index (χ2n) is 10.2. The summed E-state index contributed by atoms with van der Waals surface area (Å²) in [6, 6.07) is 11.9. The van der Waals surface area contributed by atoms with Crippen LogP contribution in [0.2, 0.25) is 0 Å². The number of rotatable bonds is 7. The molecule has 2 aromatic rings. The van der Waals surface area contributed by atoms with E-state index in [4.69, 9.17) is 9.47 Å². The van der Waals surface area contributed by atoms with E-state index in [0.717, 1.165) is 23.7 Å². The van der Waals surface area contributed by atoms with Crippen molar-refractivity contribution in [2.75, 3.05) is 43.4 Å². The van der Waals surface area contributed by atoms with Crippen molar-refractivity contribution in [2.45, 2.75) is 44.2 Å². The molecule has 38 heavy (non-hydrogen) atoms. The van der Waals surface area contributed by atoms with Gasteiger partial charge < -0.3 is 24.6 Å². The standard InChI is InChI=1S/C27H35N5O5S/c1-27(2,3)37-25(34)21(30-23(33)24-29-12-17-38-24)18-19-7-9-20(10-8-19)36-26(35)32-15-13-31(14-16-32)22-6-4-5-11-28-22/h4-11,21,24,29H,12-18H2,1-3H3,(H,30,33)/t21-,24-/m0/s1. The first-order valence-electron chi connectivity index (χ1n) is 12.8. The largest absolute Gasteiger partial charge is 0.458 e. The van der Waals surface area contributed by atoms with Crippen LogP contribution in [0.1, 0.15) is 26.3 Å². The van der Waals surface area contributed by atoms with Gasteiger partial charge in [-0.15, -0.1) is 11.8 Å². The summed E-state index contributed by atoms with van der Waals surface area (Å²) in [5, 5.41) is 5.57. The molecule has 2 aliphatic heterocycles. The van der Waals surface area contributed by atoms with E-state index >= 15 is 0 Å². The Labute approximate surface area is 227 Å². The third-order valence-corrected chi connectivity index (χ3v) is 7.20. The summed E-state index contributed by atoms with van der Waals surface area (Å²) in [5.41, 5.74) is 0.124. The maximum atomic E-state index is 12.9. The van der Waals surface area contributed by atoms with Crippen LogP contribution < -0.4 is 20.3 Å². The monoisotopic (exact) mass is 541 g/mol. The van der Waals surface area contributed by atoms with Gasteiger partial charge in [-0.1, -0.05) is 18.2 Å². The number of benzene rings is 1. The summed E-state index contributed by atoms with van der Waals surface area (Å²) in [6.07, 6.45) is 1.61. The number of anilines is 1. The minimum Gasteiger partial charge on any atom is -0.458 e. The number of ether oxygens (including phenoxy) is 2. The summed E-state index contributed by atoms with van der Waals surface area (Å²) >= 11 is 1.51. The smallest absolute Gasteiger partial charge is 0.415 e. The maximum absolute atomic E-state index is 12.9. The fourth-order valence-electron chi connectivity index (χ4n) is 4.16. The van der Waals surface area contributed by atoms with Gasteiger partial charge >= 0.3 is 12.1 Å². The van der Waals surface area contributed by atoms with Crippen LogP contribution in [-0.4, -0.2) is 83.3 Å². The molecule has 2 amide bonds. The molecule has 204 valence electrons. The van der Waals surface area contributed by atoms with Gasteiger partial charge in [0, 0.05) is 51.1 Å². The van der Waals surface area contributed by atoms with Crippen LogP contribution in [0, 0.1) is 0 Å². The van der Waals surface area contributed by atoms with Crippen LogP contribution in [0.5, 0.6) is 5.75 Å². The topological polar surface area (TPSA) is 113 Å². The van der Waals surface area contributed by atoms with E-state index < -0.39 is 23.7 Å². The molecule has 2 N–H and O–H groups in total. The molecule has 0 spiro atoms. The number of hydrogen-bond acceptors (Lipinski definition) is 9. The van der Waals surface area contributed by atoms with Gasteiger partial charge in [0.2, 0.25) is 5.91 Å². The molecule has 0 bridgehead atoms. The average molecular weight is 542 g/mol. The Balaban J connectivity index is 1.32. The van der Waals surface area contributed by atoms with E-state index in [2.05, 4.69) is 20.5 Å². The number of pyridine rings is 1. The molecule has 10 nitrogen and oxygen atoms in total. The minimum absolute atomic E-state index is 0.239. The highest BCUT2D eigenvalue weighted by molar-refractivity contribution is 8.00. The Hall–Kier alpha value is -3.31. The molecule has 11 heteroatoms. The van der Waals surface area contributed by atoms with Gasteiger partial charge in [0.1, 0.15) is 28.6 Å². The highest BCUT2D eigenvalue weighted by Crippen LogP contribution is 2.19. The third-order valence-electron chi connectivity index (χ3n) is 6.04. The number of carbonyl (C=O) groups is 3. The fourth-order valence-corrected chi connectivity index (χ4v) is 5.09. The lowest BCUT2D eigenvalue weighted by atomic mass is 10.1. The number of aromatic nitrogens is 1. The van der Waals surface area contributed by atoms with E-state index in [0.29, 0.717) is 31.9 Å². The van der Waals surface area contributed by atoms with Crippen molar-refractivity contribution in [1.29, 1.82) is 0 Å². The highest BCUT2D eigenvalue weighted by atomic mass is 32.2. The predicted molar refractivity (Wildman–Crippen MR) is 146 cm³/mol. The second-order valence-corrected chi connectivity index (χ2v) is 11.4. The predicted octanol–water partition coefficient (Wildman–Crippen LogP) is 2.43. The van der Waals surface area contributed by atoms with Crippen molar-refractivity contribution in [2.24, 2.45) is 0 Å². The molecule has 2 atom stereocenters. The van der Waals surface area contributed by atoms with Gasteiger partial charge in [-0.05, 0) is 50.6 Å². The van der Waals surface area contributed by atoms with Gasteiger partial charge in [-0.3, -0.25) is 10.1 Å². The van der Waals surface area contributed by atoms with Gasteiger partial charge in [-0.25, -0.2) is 14.6 Å². The van der Waals surface area contributed by atoms with Gasteiger partial charge in [-0.2, -0.15) is 0 Å². The zero-order chi connectivity index (χ0) is 27.1. The van der Waals surface area contributed by atoms with E-state index in [1.165, 1.54) is 11.8 Å². The lowest BCUT2D eigenvalue weighted by Crippen LogP contribution is -2.50. The average Bonchev–Trinajstić information content (AvgIpc) is 3.44. The highest BCUT2D eigenvalue weighted by Gasteiger charge is 2.31. The first kappa shape index (κ1) is 27.7. The Kier molecular flexibility index (Phi) is 9.11. The van der Waals surface area contributed by atoms with Crippen LogP contribution in [0.4, 0.5) is 10.6 Å². The fraction of sp³-hybridized carbons (Fsp3) is 0.481. The van der Waals surface area contributed by atoms with Gasteiger partial charge in [0.25, 0.3) is 0 Å². The lowest BCUT2D eigenvalue weighted by molar-refractivity contribution is -0.158. The number of carbonyl (C=O) groups excluding carboxylic acids is 3. The van der Waals surface area contributed by atoms with Crippen LogP contribution in [0.25, 0.3) is 0 Å². The van der Waals surface area contributed by atoms with Gasteiger partial charge in [0.05, 0.1) is 0 Å². The number of amides is 2. The number of nitrogens with zero attached hydrogens (tertiary/aromatic N) is 3. The molecule has 0 radical (unpaired) electrons. The van der Waals surface area contributed by atoms with Crippen molar-refractivity contribution in [3.8, 4) is 5.75 Å². The summed E-state index contributed by atoms with van der Waals surface area (Å²) in [4.78, 5) is 46.4. The Morgan fingerprint density at radius 1 is 1.11 bits per heavy atom. The van der Waals surface area contributed by atoms with Crippen molar-refractivity contribution >= 4 is 35.5 Å². The Morgan fingerprint density at radius 2 is 1.84 bits per heavy atom. The second kappa shape index (κ2) is 12.5. The van der Waals surface area contributed by atoms with Crippen molar-refractivity contribution in [3.63, 3.8) is 0 Å². The van der Waals surface area contributed by atoms with E-state index in [1.807, 2.05) is 18.2 Å². The summed E-state index contributed by atoms with van der Waals surface area (Å²) in [5.74, 6) is 1.42. The zero-order valence-electron chi connectivity index (χ0n) is 22.0. The molecule has 4 rings (SSSR count). The maximum Gasteiger partial charge on any atom is 0.415 e. The van der Waals surface area contributed by atoms with Crippen LogP contribution in [-0.2, 0) is 20.7 Å². The zero-order valence-corrected chi connectivity index (χ0v) is 22.8. The van der Waals surface area contributed by atoms with Crippen molar-refractivity contribution < 1.29 is 23.9 Å². The number of hydrogen-bond donors (Lipinski definition) is 2. The first-order chi connectivity index (χ1) is 18.2. The number of thioether (sulfide) groups is 1. The SMILES string of the molecule is CC(C)(C)OC(=O)[C@H](Cc1ccc(OC(=O)N2CCN(c3ccccn3)CC2)cc1)NC(=O)[C@H]1NCCS1. The molecule has 1 aromatic heterocycles. The Morgan fingerprint density at radius 3 is 2.45 bits per heavy atom. The molecule has 0 saturated carbocycles. The number of nitrogens with one attached hydrogen (secondary N) is 2.